The molecule has 0 radical (unpaired) electrons. The minimum atomic E-state index is -3.79. The Morgan fingerprint density at radius 3 is 2.67 bits per heavy atom. The molecule has 1 atom stereocenters. The lowest BCUT2D eigenvalue weighted by Gasteiger charge is -2.27. The van der Waals surface area contributed by atoms with E-state index in [0.717, 1.165) is 19.0 Å². The highest BCUT2D eigenvalue weighted by atomic mass is 35.5. The fourth-order valence-corrected chi connectivity index (χ4v) is 4.60. The molecule has 10 heteroatoms. The third kappa shape index (κ3) is 4.15. The number of nitrogens with one attached hydrogen (secondary N) is 1. The van der Waals surface area contributed by atoms with Crippen LogP contribution in [-0.4, -0.2) is 50.4 Å². The van der Waals surface area contributed by atoms with Crippen molar-refractivity contribution in [1.29, 1.82) is 0 Å². The van der Waals surface area contributed by atoms with Gasteiger partial charge in [0, 0.05) is 25.2 Å². The summed E-state index contributed by atoms with van der Waals surface area (Å²) in [6.45, 7) is 3.69. The number of nitro groups is 1. The van der Waals surface area contributed by atoms with Gasteiger partial charge in [-0.3, -0.25) is 10.1 Å². The first-order chi connectivity index (χ1) is 10.9. The van der Waals surface area contributed by atoms with Gasteiger partial charge in [-0.15, -0.1) is 12.4 Å². The van der Waals surface area contributed by atoms with Crippen molar-refractivity contribution in [2.45, 2.75) is 30.7 Å². The van der Waals surface area contributed by atoms with Crippen LogP contribution in [0.25, 0.3) is 0 Å². The van der Waals surface area contributed by atoms with Gasteiger partial charge in [0.25, 0.3) is 5.69 Å². The number of methoxy groups -OCH3 is 1. The lowest BCUT2D eigenvalue weighted by molar-refractivity contribution is -0.385. The number of halogens is 1. The number of sulfonamides is 1. The molecule has 1 N–H and O–H groups in total. The van der Waals surface area contributed by atoms with Gasteiger partial charge in [-0.05, 0) is 25.5 Å². The van der Waals surface area contributed by atoms with E-state index in [0.29, 0.717) is 19.5 Å². The maximum atomic E-state index is 13.0. The fraction of sp³-hybridized carbons (Fsp3) is 0.571. The van der Waals surface area contributed by atoms with E-state index >= 15 is 0 Å². The molecule has 1 fully saturated rings. The summed E-state index contributed by atoms with van der Waals surface area (Å²) in [5, 5.41) is 14.0. The van der Waals surface area contributed by atoms with E-state index in [1.807, 2.05) is 6.92 Å². The van der Waals surface area contributed by atoms with Crippen LogP contribution in [0.15, 0.2) is 23.1 Å². The van der Waals surface area contributed by atoms with Gasteiger partial charge >= 0.3 is 0 Å². The molecule has 1 aromatic carbocycles. The molecular weight excluding hydrogens is 358 g/mol. The summed E-state index contributed by atoms with van der Waals surface area (Å²) in [6, 6.07) is 3.47. The van der Waals surface area contributed by atoms with Gasteiger partial charge in [0.05, 0.1) is 18.1 Å². The number of benzene rings is 1. The molecule has 0 saturated carbocycles. The summed E-state index contributed by atoms with van der Waals surface area (Å²) >= 11 is 0. The highest BCUT2D eigenvalue weighted by Gasteiger charge is 2.34. The molecule has 1 heterocycles. The van der Waals surface area contributed by atoms with Crippen molar-refractivity contribution < 1.29 is 18.1 Å². The Morgan fingerprint density at radius 2 is 2.17 bits per heavy atom. The summed E-state index contributed by atoms with van der Waals surface area (Å²) in [5.74, 6) is -0.00809. The number of hydrogen-bond acceptors (Lipinski definition) is 6. The van der Waals surface area contributed by atoms with Crippen LogP contribution in [0.3, 0.4) is 0 Å². The molecule has 0 aromatic heterocycles. The van der Waals surface area contributed by atoms with Gasteiger partial charge in [-0.2, -0.15) is 4.31 Å². The van der Waals surface area contributed by atoms with E-state index in [-0.39, 0.29) is 34.8 Å². The molecule has 2 rings (SSSR count). The van der Waals surface area contributed by atoms with E-state index in [2.05, 4.69) is 5.32 Å². The van der Waals surface area contributed by atoms with E-state index in [4.69, 9.17) is 4.74 Å². The van der Waals surface area contributed by atoms with Gasteiger partial charge in [0.2, 0.25) is 10.0 Å². The second kappa shape index (κ2) is 8.61. The van der Waals surface area contributed by atoms with Gasteiger partial charge in [-0.25, -0.2) is 8.42 Å². The summed E-state index contributed by atoms with van der Waals surface area (Å²) in [4.78, 5) is 10.2. The van der Waals surface area contributed by atoms with Gasteiger partial charge in [0.1, 0.15) is 10.6 Å². The summed E-state index contributed by atoms with van der Waals surface area (Å²) in [6.07, 6.45) is 1.43. The standard InChI is InChI=1S/C14H21N3O5S.ClH/c1-3-8-16(12-6-7-15-10-12)23(20,21)14-5-4-11(17(18)19)9-13(14)22-2;/h4-5,9,12,15H,3,6-8,10H2,1-2H3;1H. The SMILES string of the molecule is CCCN(C1CCNC1)S(=O)(=O)c1ccc([N+](=O)[O-])cc1OC.Cl. The van der Waals surface area contributed by atoms with Gasteiger partial charge < -0.3 is 10.1 Å². The van der Waals surface area contributed by atoms with Crippen LogP contribution in [0.4, 0.5) is 5.69 Å². The zero-order valence-corrected chi connectivity index (χ0v) is 15.2. The molecule has 0 amide bonds. The minimum Gasteiger partial charge on any atom is -0.495 e. The molecule has 1 aliphatic rings. The molecule has 0 spiro atoms. The van der Waals surface area contributed by atoms with Crippen LogP contribution in [0, 0.1) is 10.1 Å². The molecule has 1 aliphatic heterocycles. The largest absolute Gasteiger partial charge is 0.495 e. The van der Waals surface area contributed by atoms with Crippen molar-refractivity contribution in [3.8, 4) is 5.75 Å². The Bertz CT molecular complexity index is 677. The smallest absolute Gasteiger partial charge is 0.273 e. The van der Waals surface area contributed by atoms with Crippen molar-refractivity contribution in [2.24, 2.45) is 0 Å². The molecule has 8 nitrogen and oxygen atoms in total. The molecular formula is C14H22ClN3O5S. The predicted molar refractivity (Wildman–Crippen MR) is 92.4 cm³/mol. The first-order valence-corrected chi connectivity index (χ1v) is 8.90. The Kier molecular flexibility index (Phi) is 7.40. The predicted octanol–water partition coefficient (Wildman–Crippen LogP) is 1.79. The number of nitro benzene ring substituents is 1. The molecule has 1 saturated heterocycles. The average Bonchev–Trinajstić information content (AvgIpc) is 3.05. The third-order valence-corrected chi connectivity index (χ3v) is 5.82. The molecule has 1 aromatic rings. The molecule has 24 heavy (non-hydrogen) atoms. The van der Waals surface area contributed by atoms with Crippen molar-refractivity contribution in [3.63, 3.8) is 0 Å². The lowest BCUT2D eigenvalue weighted by atomic mass is 10.2. The maximum Gasteiger partial charge on any atom is 0.273 e. The Hall–Kier alpha value is -1.42. The van der Waals surface area contributed by atoms with Crippen LogP contribution >= 0.6 is 12.4 Å². The zero-order chi connectivity index (χ0) is 17.0. The van der Waals surface area contributed by atoms with E-state index in [9.17, 15) is 18.5 Å². The van der Waals surface area contributed by atoms with Crippen molar-refractivity contribution in [2.75, 3.05) is 26.7 Å². The van der Waals surface area contributed by atoms with Crippen molar-refractivity contribution >= 4 is 28.1 Å². The van der Waals surface area contributed by atoms with Gasteiger partial charge in [-0.1, -0.05) is 6.92 Å². The summed E-state index contributed by atoms with van der Waals surface area (Å²) in [5.41, 5.74) is -0.203. The van der Waals surface area contributed by atoms with Crippen LogP contribution < -0.4 is 10.1 Å². The molecule has 0 aliphatic carbocycles. The molecule has 0 bridgehead atoms. The average molecular weight is 380 g/mol. The molecule has 1 unspecified atom stereocenters. The van der Waals surface area contributed by atoms with Crippen LogP contribution in [0.1, 0.15) is 19.8 Å². The number of non-ortho nitro benzene ring substituents is 1. The Labute approximate surface area is 147 Å². The van der Waals surface area contributed by atoms with Crippen LogP contribution in [0.5, 0.6) is 5.75 Å². The van der Waals surface area contributed by atoms with Crippen LogP contribution in [-0.2, 0) is 10.0 Å². The fourth-order valence-electron chi connectivity index (χ4n) is 2.71. The quantitative estimate of drug-likeness (QED) is 0.572. The van der Waals surface area contributed by atoms with E-state index < -0.39 is 14.9 Å². The number of rotatable bonds is 7. The number of nitrogens with zero attached hydrogens (tertiary/aromatic N) is 2. The van der Waals surface area contributed by atoms with Crippen LogP contribution in [0.2, 0.25) is 0 Å². The minimum absolute atomic E-state index is 0. The highest BCUT2D eigenvalue weighted by molar-refractivity contribution is 7.89. The second-order valence-corrected chi connectivity index (χ2v) is 7.21. The van der Waals surface area contributed by atoms with Crippen molar-refractivity contribution in [3.05, 3.63) is 28.3 Å². The normalized spacial score (nSPS) is 17.5. The van der Waals surface area contributed by atoms with Crippen molar-refractivity contribution in [1.82, 2.24) is 9.62 Å². The Balaban J connectivity index is 0.00000288. The van der Waals surface area contributed by atoms with E-state index in [1.165, 1.54) is 23.5 Å². The first-order valence-electron chi connectivity index (χ1n) is 7.46. The number of ether oxygens (including phenoxy) is 1. The zero-order valence-electron chi connectivity index (χ0n) is 13.6. The second-order valence-electron chi connectivity index (χ2n) is 5.35. The molecule has 136 valence electrons. The maximum absolute atomic E-state index is 13.0. The van der Waals surface area contributed by atoms with Gasteiger partial charge in [0.15, 0.2) is 0 Å². The lowest BCUT2D eigenvalue weighted by Crippen LogP contribution is -2.42. The number of hydrogen-bond donors (Lipinski definition) is 1. The first kappa shape index (κ1) is 20.6. The topological polar surface area (TPSA) is 102 Å². The highest BCUT2D eigenvalue weighted by Crippen LogP contribution is 2.32. The summed E-state index contributed by atoms with van der Waals surface area (Å²) in [7, 11) is -2.48. The Morgan fingerprint density at radius 1 is 1.46 bits per heavy atom. The third-order valence-electron chi connectivity index (χ3n) is 3.83. The van der Waals surface area contributed by atoms with E-state index in [1.54, 1.807) is 0 Å². The monoisotopic (exact) mass is 379 g/mol. The summed E-state index contributed by atoms with van der Waals surface area (Å²) < 4.78 is 32.6.